The van der Waals surface area contributed by atoms with Gasteiger partial charge in [0, 0.05) is 15.5 Å². The van der Waals surface area contributed by atoms with Gasteiger partial charge < -0.3 is 5.32 Å². The minimum absolute atomic E-state index is 0.146. The summed E-state index contributed by atoms with van der Waals surface area (Å²) >= 11 is 6.68. The molecule has 0 saturated carbocycles. The fourth-order valence-electron chi connectivity index (χ4n) is 0.990. The molecule has 0 radical (unpaired) electrons. The lowest BCUT2D eigenvalue weighted by molar-refractivity contribution is 0.278. The maximum Gasteiger partial charge on any atom is 0.397 e. The van der Waals surface area contributed by atoms with Gasteiger partial charge in [-0.05, 0) is 44.0 Å². The van der Waals surface area contributed by atoms with Gasteiger partial charge in [-0.25, -0.2) is 4.18 Å². The van der Waals surface area contributed by atoms with E-state index in [9.17, 15) is 8.42 Å². The van der Waals surface area contributed by atoms with Crippen LogP contribution in [0.15, 0.2) is 27.1 Å². The molecule has 90 valence electrons. The third-order valence-electron chi connectivity index (χ3n) is 1.60. The molecular formula is C8H9Br2NO4S. The van der Waals surface area contributed by atoms with E-state index in [0.29, 0.717) is 0 Å². The van der Waals surface area contributed by atoms with Crippen LogP contribution in [0.5, 0.6) is 0 Å². The van der Waals surface area contributed by atoms with E-state index in [4.69, 9.17) is 4.55 Å². The van der Waals surface area contributed by atoms with Gasteiger partial charge in [-0.1, -0.05) is 6.07 Å². The number of anilines is 1. The summed E-state index contributed by atoms with van der Waals surface area (Å²) in [5.41, 5.74) is 0.793. The minimum Gasteiger partial charge on any atom is -0.381 e. The molecule has 0 aliphatic carbocycles. The maximum absolute atomic E-state index is 10.3. The lowest BCUT2D eigenvalue weighted by atomic mass is 10.3. The van der Waals surface area contributed by atoms with Crippen molar-refractivity contribution in [1.29, 1.82) is 0 Å². The largest absolute Gasteiger partial charge is 0.397 e. The topological polar surface area (TPSA) is 75.6 Å². The fraction of sp³-hybridized carbons (Fsp3) is 0.250. The molecule has 16 heavy (non-hydrogen) atoms. The monoisotopic (exact) mass is 373 g/mol. The molecule has 0 fully saturated rings. The minimum atomic E-state index is -4.36. The van der Waals surface area contributed by atoms with Crippen LogP contribution in [0, 0.1) is 0 Å². The molecule has 0 aromatic heterocycles. The highest BCUT2D eigenvalue weighted by molar-refractivity contribution is 9.11. The number of benzene rings is 1. The average molecular weight is 375 g/mol. The van der Waals surface area contributed by atoms with Crippen LogP contribution in [0.3, 0.4) is 0 Å². The highest BCUT2D eigenvalue weighted by Crippen LogP contribution is 2.30. The number of rotatable bonds is 5. The Morgan fingerprint density at radius 1 is 1.31 bits per heavy atom. The van der Waals surface area contributed by atoms with Gasteiger partial charge in [0.15, 0.2) is 0 Å². The highest BCUT2D eigenvalue weighted by Gasteiger charge is 2.06. The number of para-hydroxylation sites is 1. The van der Waals surface area contributed by atoms with Gasteiger partial charge in [0.2, 0.25) is 0 Å². The van der Waals surface area contributed by atoms with Crippen LogP contribution < -0.4 is 5.32 Å². The smallest absolute Gasteiger partial charge is 0.381 e. The Labute approximate surface area is 110 Å². The first-order valence-corrected chi connectivity index (χ1v) is 7.15. The second-order valence-corrected chi connectivity index (χ2v) is 5.57. The van der Waals surface area contributed by atoms with Gasteiger partial charge in [0.25, 0.3) is 0 Å². The molecule has 1 rings (SSSR count). The molecule has 1 aromatic carbocycles. The van der Waals surface area contributed by atoms with Crippen molar-refractivity contribution in [1.82, 2.24) is 0 Å². The Hall–Kier alpha value is -0.150. The van der Waals surface area contributed by atoms with Gasteiger partial charge >= 0.3 is 10.4 Å². The molecule has 1 aromatic rings. The van der Waals surface area contributed by atoms with E-state index in [1.807, 2.05) is 18.2 Å². The van der Waals surface area contributed by atoms with E-state index in [-0.39, 0.29) is 13.2 Å². The summed E-state index contributed by atoms with van der Waals surface area (Å²) in [7, 11) is -4.36. The summed E-state index contributed by atoms with van der Waals surface area (Å²) in [5, 5.41) is 2.96. The average Bonchev–Trinajstić information content (AvgIpc) is 2.14. The van der Waals surface area contributed by atoms with Crippen LogP contribution in [-0.4, -0.2) is 26.1 Å². The molecule has 0 saturated heterocycles. The normalized spacial score (nSPS) is 11.4. The van der Waals surface area contributed by atoms with Crippen LogP contribution >= 0.6 is 31.9 Å². The summed E-state index contributed by atoms with van der Waals surface area (Å²) < 4.78 is 34.7. The van der Waals surface area contributed by atoms with Crippen molar-refractivity contribution in [3.05, 3.63) is 27.1 Å². The molecule has 0 amide bonds. The predicted molar refractivity (Wildman–Crippen MR) is 67.8 cm³/mol. The van der Waals surface area contributed by atoms with Gasteiger partial charge in [0.1, 0.15) is 0 Å². The predicted octanol–water partition coefficient (Wildman–Crippen LogP) is 2.44. The Morgan fingerprint density at radius 3 is 2.38 bits per heavy atom. The highest BCUT2D eigenvalue weighted by atomic mass is 79.9. The van der Waals surface area contributed by atoms with Crippen LogP contribution in [0.1, 0.15) is 0 Å². The summed E-state index contributed by atoms with van der Waals surface area (Å²) in [5.74, 6) is 0. The molecule has 8 heteroatoms. The first kappa shape index (κ1) is 13.9. The number of hydrogen-bond acceptors (Lipinski definition) is 4. The Bertz CT molecular complexity index is 443. The molecule has 0 heterocycles. The van der Waals surface area contributed by atoms with Crippen molar-refractivity contribution in [2.75, 3.05) is 18.5 Å². The second-order valence-electron chi connectivity index (χ2n) is 2.77. The molecule has 0 aliphatic rings. The van der Waals surface area contributed by atoms with Crippen LogP contribution in [0.2, 0.25) is 0 Å². The molecule has 5 nitrogen and oxygen atoms in total. The van der Waals surface area contributed by atoms with Crippen LogP contribution in [-0.2, 0) is 14.6 Å². The molecule has 0 unspecified atom stereocenters. The summed E-state index contributed by atoms with van der Waals surface area (Å²) in [6.45, 7) is 0.105. The van der Waals surface area contributed by atoms with E-state index in [2.05, 4.69) is 41.4 Å². The third kappa shape index (κ3) is 4.79. The van der Waals surface area contributed by atoms with Crippen LogP contribution in [0.4, 0.5) is 5.69 Å². The summed E-state index contributed by atoms with van der Waals surface area (Å²) in [6, 6.07) is 5.54. The van der Waals surface area contributed by atoms with Gasteiger partial charge in [0.05, 0.1) is 12.3 Å². The Balaban J connectivity index is 2.49. The van der Waals surface area contributed by atoms with Crippen molar-refractivity contribution in [2.45, 2.75) is 0 Å². The van der Waals surface area contributed by atoms with Crippen molar-refractivity contribution in [2.24, 2.45) is 0 Å². The summed E-state index contributed by atoms with van der Waals surface area (Å²) in [6.07, 6.45) is 0. The number of halogens is 2. The van der Waals surface area contributed by atoms with Crippen LogP contribution in [0.25, 0.3) is 0 Å². The first-order chi connectivity index (χ1) is 7.40. The standard InChI is InChI=1S/C8H9Br2NO4S/c9-6-2-1-3-7(10)8(6)11-4-5-15-16(12,13)14/h1-3,11H,4-5H2,(H,12,13,14). The quantitative estimate of drug-likeness (QED) is 0.611. The third-order valence-corrected chi connectivity index (χ3v) is 3.39. The number of nitrogens with one attached hydrogen (secondary N) is 1. The molecular weight excluding hydrogens is 366 g/mol. The van der Waals surface area contributed by atoms with Gasteiger partial charge in [-0.3, -0.25) is 4.55 Å². The van der Waals surface area contributed by atoms with E-state index in [0.717, 1.165) is 14.6 Å². The van der Waals surface area contributed by atoms with E-state index in [1.54, 1.807) is 0 Å². The van der Waals surface area contributed by atoms with Crippen molar-refractivity contribution in [3.8, 4) is 0 Å². The number of hydrogen-bond donors (Lipinski definition) is 2. The summed E-state index contributed by atoms with van der Waals surface area (Å²) in [4.78, 5) is 0. The van der Waals surface area contributed by atoms with E-state index in [1.165, 1.54) is 0 Å². The lowest BCUT2D eigenvalue weighted by Gasteiger charge is -2.09. The van der Waals surface area contributed by atoms with Gasteiger partial charge in [-0.15, -0.1) is 0 Å². The molecule has 2 N–H and O–H groups in total. The Morgan fingerprint density at radius 2 is 1.88 bits per heavy atom. The molecule has 0 aliphatic heterocycles. The zero-order valence-electron chi connectivity index (χ0n) is 7.98. The zero-order valence-corrected chi connectivity index (χ0v) is 12.0. The van der Waals surface area contributed by atoms with Crippen molar-refractivity contribution < 1.29 is 17.2 Å². The lowest BCUT2D eigenvalue weighted by Crippen LogP contribution is -2.13. The molecule has 0 bridgehead atoms. The van der Waals surface area contributed by atoms with Crippen molar-refractivity contribution in [3.63, 3.8) is 0 Å². The zero-order chi connectivity index (χ0) is 12.2. The van der Waals surface area contributed by atoms with Gasteiger partial charge in [-0.2, -0.15) is 8.42 Å². The SMILES string of the molecule is O=S(=O)(O)OCCNc1c(Br)cccc1Br. The van der Waals surface area contributed by atoms with E-state index < -0.39 is 10.4 Å². The first-order valence-electron chi connectivity index (χ1n) is 4.20. The maximum atomic E-state index is 10.3. The van der Waals surface area contributed by atoms with Crippen molar-refractivity contribution >= 4 is 47.9 Å². The fourth-order valence-corrected chi connectivity index (χ4v) is 2.56. The molecule has 0 atom stereocenters. The van der Waals surface area contributed by atoms with E-state index >= 15 is 0 Å². The Kier molecular flexibility index (Phi) is 5.19. The second kappa shape index (κ2) is 5.97. The molecule has 0 spiro atoms.